The summed E-state index contributed by atoms with van der Waals surface area (Å²) in [5.74, 6) is 0. The predicted molar refractivity (Wildman–Crippen MR) is 46.6 cm³/mol. The normalized spacial score (nSPS) is 10.7. The van der Waals surface area contributed by atoms with Crippen LogP contribution in [0.5, 0.6) is 0 Å². The average molecular weight is 232 g/mol. The summed E-state index contributed by atoms with van der Waals surface area (Å²) in [6.07, 6.45) is 1.67. The van der Waals surface area contributed by atoms with Crippen LogP contribution in [0.15, 0.2) is 16.9 Å². The van der Waals surface area contributed by atoms with E-state index in [9.17, 15) is 0 Å². The summed E-state index contributed by atoms with van der Waals surface area (Å²) < 4.78 is 0.879. The van der Waals surface area contributed by atoms with Crippen molar-refractivity contribution in [3.8, 4) is 0 Å². The van der Waals surface area contributed by atoms with Gasteiger partial charge in [-0.25, -0.2) is 4.98 Å². The maximum absolute atomic E-state index is 5.57. The summed E-state index contributed by atoms with van der Waals surface area (Å²) in [6.45, 7) is 0. The molecule has 0 saturated heterocycles. The molecular weight excluding hydrogens is 229 g/mol. The largest absolute Gasteiger partial charge is 0.334 e. The maximum Gasteiger partial charge on any atom is 0.224 e. The minimum absolute atomic E-state index is 0.256. The summed E-state index contributed by atoms with van der Waals surface area (Å²) >= 11 is 8.85. The van der Waals surface area contributed by atoms with Crippen molar-refractivity contribution in [2.45, 2.75) is 0 Å². The molecule has 11 heavy (non-hydrogen) atoms. The van der Waals surface area contributed by atoms with Crippen molar-refractivity contribution in [1.82, 2.24) is 15.0 Å². The Balaban J connectivity index is 2.82. The van der Waals surface area contributed by atoms with Gasteiger partial charge in [0.25, 0.3) is 0 Å². The lowest BCUT2D eigenvalue weighted by molar-refractivity contribution is 1.20. The van der Waals surface area contributed by atoms with Crippen molar-refractivity contribution in [3.05, 3.63) is 22.1 Å². The van der Waals surface area contributed by atoms with Gasteiger partial charge in [0.1, 0.15) is 5.65 Å². The SMILES string of the molecule is Clc1ncc2cc(Br)[nH]c2n1. The fourth-order valence-electron chi connectivity index (χ4n) is 0.861. The van der Waals surface area contributed by atoms with Crippen molar-refractivity contribution in [3.63, 3.8) is 0 Å². The lowest BCUT2D eigenvalue weighted by Crippen LogP contribution is -1.80. The molecule has 0 amide bonds. The number of fused-ring (bicyclic) bond motifs is 1. The molecule has 0 aromatic carbocycles. The molecule has 56 valence electrons. The second-order valence-corrected chi connectivity index (χ2v) is 3.25. The van der Waals surface area contributed by atoms with Gasteiger partial charge in [-0.2, -0.15) is 4.98 Å². The highest BCUT2D eigenvalue weighted by molar-refractivity contribution is 9.10. The minimum atomic E-state index is 0.256. The Bertz CT molecular complexity index is 398. The highest BCUT2D eigenvalue weighted by Gasteiger charge is 1.99. The fourth-order valence-corrected chi connectivity index (χ4v) is 1.43. The van der Waals surface area contributed by atoms with Gasteiger partial charge in [-0.15, -0.1) is 0 Å². The van der Waals surface area contributed by atoms with E-state index in [1.165, 1.54) is 0 Å². The highest BCUT2D eigenvalue weighted by atomic mass is 79.9. The van der Waals surface area contributed by atoms with E-state index in [-0.39, 0.29) is 5.28 Å². The lowest BCUT2D eigenvalue weighted by atomic mass is 10.4. The second-order valence-electron chi connectivity index (χ2n) is 2.06. The zero-order valence-electron chi connectivity index (χ0n) is 5.31. The van der Waals surface area contributed by atoms with Crippen LogP contribution in [0.4, 0.5) is 0 Å². The third-order valence-corrected chi connectivity index (χ3v) is 1.92. The molecule has 5 heteroatoms. The maximum atomic E-state index is 5.57. The molecule has 0 bridgehead atoms. The van der Waals surface area contributed by atoms with Crippen LogP contribution in [-0.4, -0.2) is 15.0 Å². The Morgan fingerprint density at radius 3 is 3.18 bits per heavy atom. The van der Waals surface area contributed by atoms with E-state index in [0.29, 0.717) is 0 Å². The van der Waals surface area contributed by atoms with Crippen LogP contribution < -0.4 is 0 Å². The zero-order valence-corrected chi connectivity index (χ0v) is 7.65. The Labute approximate surface area is 75.9 Å². The second kappa shape index (κ2) is 2.46. The van der Waals surface area contributed by atoms with E-state index in [0.717, 1.165) is 15.6 Å². The Morgan fingerprint density at radius 1 is 1.55 bits per heavy atom. The smallest absolute Gasteiger partial charge is 0.224 e. The number of nitrogens with zero attached hydrogens (tertiary/aromatic N) is 2. The summed E-state index contributed by atoms with van der Waals surface area (Å²) in [5, 5.41) is 1.20. The Hall–Kier alpha value is -0.610. The van der Waals surface area contributed by atoms with Gasteiger partial charge in [0.2, 0.25) is 5.28 Å². The first-order valence-electron chi connectivity index (χ1n) is 2.92. The van der Waals surface area contributed by atoms with Crippen molar-refractivity contribution >= 4 is 38.6 Å². The molecule has 0 spiro atoms. The number of hydrogen-bond acceptors (Lipinski definition) is 2. The van der Waals surface area contributed by atoms with E-state index < -0.39 is 0 Å². The van der Waals surface area contributed by atoms with Crippen LogP contribution in [0.3, 0.4) is 0 Å². The van der Waals surface area contributed by atoms with Crippen LogP contribution in [0.2, 0.25) is 5.28 Å². The van der Waals surface area contributed by atoms with Gasteiger partial charge >= 0.3 is 0 Å². The molecule has 0 fully saturated rings. The number of H-pyrrole nitrogens is 1. The number of halogens is 2. The third-order valence-electron chi connectivity index (χ3n) is 1.31. The number of nitrogens with one attached hydrogen (secondary N) is 1. The molecule has 0 radical (unpaired) electrons. The van der Waals surface area contributed by atoms with Gasteiger partial charge in [0, 0.05) is 11.6 Å². The number of rotatable bonds is 0. The van der Waals surface area contributed by atoms with E-state index in [2.05, 4.69) is 30.9 Å². The van der Waals surface area contributed by atoms with Gasteiger partial charge in [-0.05, 0) is 33.6 Å². The van der Waals surface area contributed by atoms with Crippen LogP contribution in [0, 0.1) is 0 Å². The first kappa shape index (κ1) is 7.06. The van der Waals surface area contributed by atoms with E-state index >= 15 is 0 Å². The molecule has 2 rings (SSSR count). The van der Waals surface area contributed by atoms with Crippen molar-refractivity contribution in [2.24, 2.45) is 0 Å². The van der Waals surface area contributed by atoms with Gasteiger partial charge in [0.15, 0.2) is 0 Å². The van der Waals surface area contributed by atoms with Crippen LogP contribution in [-0.2, 0) is 0 Å². The van der Waals surface area contributed by atoms with Gasteiger partial charge in [0.05, 0.1) is 4.60 Å². The first-order chi connectivity index (χ1) is 5.25. The van der Waals surface area contributed by atoms with E-state index in [4.69, 9.17) is 11.6 Å². The van der Waals surface area contributed by atoms with E-state index in [1.54, 1.807) is 6.20 Å². The summed E-state index contributed by atoms with van der Waals surface area (Å²) in [6, 6.07) is 1.89. The summed E-state index contributed by atoms with van der Waals surface area (Å²) in [5.41, 5.74) is 0.747. The summed E-state index contributed by atoms with van der Waals surface area (Å²) in [4.78, 5) is 10.8. The Kier molecular flexibility index (Phi) is 1.58. The van der Waals surface area contributed by atoms with Crippen LogP contribution in [0.1, 0.15) is 0 Å². The third kappa shape index (κ3) is 1.23. The zero-order chi connectivity index (χ0) is 7.84. The number of aromatic nitrogens is 3. The predicted octanol–water partition coefficient (Wildman–Crippen LogP) is 2.37. The molecule has 2 heterocycles. The van der Waals surface area contributed by atoms with Crippen molar-refractivity contribution in [1.29, 1.82) is 0 Å². The van der Waals surface area contributed by atoms with Crippen molar-refractivity contribution < 1.29 is 0 Å². The molecular formula is C6H3BrClN3. The molecule has 0 atom stereocenters. The number of aromatic amines is 1. The lowest BCUT2D eigenvalue weighted by Gasteiger charge is -1.86. The first-order valence-corrected chi connectivity index (χ1v) is 4.09. The molecule has 1 N–H and O–H groups in total. The molecule has 0 unspecified atom stereocenters. The highest BCUT2D eigenvalue weighted by Crippen LogP contribution is 2.17. The average Bonchev–Trinajstić information content (AvgIpc) is 2.27. The minimum Gasteiger partial charge on any atom is -0.334 e. The topological polar surface area (TPSA) is 41.6 Å². The monoisotopic (exact) mass is 231 g/mol. The summed E-state index contributed by atoms with van der Waals surface area (Å²) in [7, 11) is 0. The fraction of sp³-hybridized carbons (Fsp3) is 0. The molecule has 0 aliphatic heterocycles. The van der Waals surface area contributed by atoms with Crippen LogP contribution >= 0.6 is 27.5 Å². The van der Waals surface area contributed by atoms with Crippen LogP contribution in [0.25, 0.3) is 11.0 Å². The molecule has 0 aliphatic carbocycles. The van der Waals surface area contributed by atoms with E-state index in [1.807, 2.05) is 6.07 Å². The molecule has 2 aromatic heterocycles. The van der Waals surface area contributed by atoms with Gasteiger partial charge < -0.3 is 4.98 Å². The molecule has 3 nitrogen and oxygen atoms in total. The number of hydrogen-bond donors (Lipinski definition) is 1. The molecule has 0 saturated carbocycles. The quantitative estimate of drug-likeness (QED) is 0.709. The molecule has 0 aliphatic rings. The Morgan fingerprint density at radius 2 is 2.36 bits per heavy atom. The van der Waals surface area contributed by atoms with Gasteiger partial charge in [-0.3, -0.25) is 0 Å². The van der Waals surface area contributed by atoms with Gasteiger partial charge in [-0.1, -0.05) is 0 Å². The molecule has 2 aromatic rings. The standard InChI is InChI=1S/C6H3BrClN3/c7-4-1-3-2-9-6(8)11-5(3)10-4/h1-2H,(H,9,10,11). The van der Waals surface area contributed by atoms with Crippen molar-refractivity contribution in [2.75, 3.05) is 0 Å².